The Morgan fingerprint density at radius 1 is 1.38 bits per heavy atom. The molecule has 1 aromatic rings. The van der Waals surface area contributed by atoms with Gasteiger partial charge >= 0.3 is 0 Å². The van der Waals surface area contributed by atoms with Crippen molar-refractivity contribution in [3.63, 3.8) is 0 Å². The van der Waals surface area contributed by atoms with Gasteiger partial charge in [-0.2, -0.15) is 0 Å². The predicted octanol–water partition coefficient (Wildman–Crippen LogP) is 2.59. The van der Waals surface area contributed by atoms with Gasteiger partial charge in [-0.05, 0) is 37.0 Å². The summed E-state index contributed by atoms with van der Waals surface area (Å²) in [5.74, 6) is 1.53. The molecule has 3 heteroatoms. The van der Waals surface area contributed by atoms with Crippen molar-refractivity contribution < 1.29 is 9.84 Å². The molecule has 0 aromatic heterocycles. The zero-order valence-electron chi connectivity index (χ0n) is 9.65. The van der Waals surface area contributed by atoms with Crippen molar-refractivity contribution >= 4 is 0 Å². The molecule has 0 bridgehead atoms. The van der Waals surface area contributed by atoms with Gasteiger partial charge in [-0.25, -0.2) is 0 Å². The quantitative estimate of drug-likeness (QED) is 0.824. The molecule has 1 fully saturated rings. The molecule has 0 aliphatic heterocycles. The van der Waals surface area contributed by atoms with Gasteiger partial charge in [-0.1, -0.05) is 12.8 Å². The highest BCUT2D eigenvalue weighted by Gasteiger charge is 2.25. The van der Waals surface area contributed by atoms with Gasteiger partial charge < -0.3 is 15.6 Å². The van der Waals surface area contributed by atoms with Crippen LogP contribution in [0.3, 0.4) is 0 Å². The largest absolute Gasteiger partial charge is 0.508 e. The monoisotopic (exact) mass is 221 g/mol. The van der Waals surface area contributed by atoms with Gasteiger partial charge in [-0.3, -0.25) is 0 Å². The Balaban J connectivity index is 2.23. The second kappa shape index (κ2) is 4.74. The van der Waals surface area contributed by atoms with Crippen LogP contribution in [0.4, 0.5) is 0 Å². The average molecular weight is 221 g/mol. The molecule has 0 unspecified atom stereocenters. The van der Waals surface area contributed by atoms with Crippen LogP contribution in [0.2, 0.25) is 0 Å². The maximum absolute atomic E-state index is 9.83. The van der Waals surface area contributed by atoms with Crippen LogP contribution in [0.1, 0.15) is 37.3 Å². The highest BCUT2D eigenvalue weighted by molar-refractivity contribution is 5.41. The lowest BCUT2D eigenvalue weighted by atomic mass is 9.92. The molecule has 1 aliphatic carbocycles. The molecule has 3 nitrogen and oxygen atoms in total. The van der Waals surface area contributed by atoms with Crippen molar-refractivity contribution in [3.05, 3.63) is 23.8 Å². The van der Waals surface area contributed by atoms with Crippen LogP contribution in [0, 0.1) is 5.92 Å². The number of phenols is 1. The summed E-state index contributed by atoms with van der Waals surface area (Å²) >= 11 is 0. The van der Waals surface area contributed by atoms with Crippen molar-refractivity contribution in [1.29, 1.82) is 0 Å². The first-order chi connectivity index (χ1) is 7.72. The number of phenolic OH excluding ortho intramolecular Hbond substituents is 1. The third kappa shape index (κ3) is 2.14. The Bertz CT molecular complexity index is 359. The zero-order valence-corrected chi connectivity index (χ0v) is 9.65. The molecule has 0 spiro atoms. The molecule has 3 N–H and O–H groups in total. The van der Waals surface area contributed by atoms with Gasteiger partial charge in [0, 0.05) is 11.6 Å². The van der Waals surface area contributed by atoms with Crippen molar-refractivity contribution in [2.75, 3.05) is 7.11 Å². The Labute approximate surface area is 96.2 Å². The van der Waals surface area contributed by atoms with E-state index < -0.39 is 0 Å². The van der Waals surface area contributed by atoms with Crippen molar-refractivity contribution in [3.8, 4) is 11.5 Å². The van der Waals surface area contributed by atoms with E-state index >= 15 is 0 Å². The van der Waals surface area contributed by atoms with Crippen LogP contribution >= 0.6 is 0 Å². The van der Waals surface area contributed by atoms with Crippen LogP contribution < -0.4 is 10.5 Å². The van der Waals surface area contributed by atoms with Crippen LogP contribution in [0.5, 0.6) is 11.5 Å². The predicted molar refractivity (Wildman–Crippen MR) is 63.5 cm³/mol. The normalized spacial score (nSPS) is 18.6. The molecular formula is C13H19NO2. The van der Waals surface area contributed by atoms with Crippen LogP contribution in [-0.2, 0) is 0 Å². The number of benzene rings is 1. The fourth-order valence-corrected chi connectivity index (χ4v) is 2.50. The van der Waals surface area contributed by atoms with E-state index in [0.717, 1.165) is 24.2 Å². The number of rotatable bonds is 3. The van der Waals surface area contributed by atoms with Gasteiger partial charge in [0.25, 0.3) is 0 Å². The maximum Gasteiger partial charge on any atom is 0.120 e. The van der Waals surface area contributed by atoms with Crippen molar-refractivity contribution in [2.24, 2.45) is 11.7 Å². The van der Waals surface area contributed by atoms with Crippen LogP contribution in [-0.4, -0.2) is 12.2 Å². The Morgan fingerprint density at radius 3 is 2.69 bits per heavy atom. The van der Waals surface area contributed by atoms with E-state index in [4.69, 9.17) is 10.5 Å². The lowest BCUT2D eigenvalue weighted by Crippen LogP contribution is -2.19. The maximum atomic E-state index is 9.83. The molecule has 0 saturated heterocycles. The number of hydrogen-bond donors (Lipinski definition) is 2. The van der Waals surface area contributed by atoms with Crippen LogP contribution in [0.15, 0.2) is 18.2 Å². The molecule has 0 radical (unpaired) electrons. The zero-order chi connectivity index (χ0) is 11.5. The smallest absolute Gasteiger partial charge is 0.120 e. The molecule has 1 aromatic carbocycles. The minimum atomic E-state index is -0.0717. The summed E-state index contributed by atoms with van der Waals surface area (Å²) in [7, 11) is 1.62. The standard InChI is InChI=1S/C13H19NO2/c1-16-10-6-7-12(15)11(8-10)13(14)9-4-2-3-5-9/h6-9,13,15H,2-5,14H2,1H3/t13-/m0/s1. The number of hydrogen-bond acceptors (Lipinski definition) is 3. The first-order valence-corrected chi connectivity index (χ1v) is 5.85. The van der Waals surface area contributed by atoms with Gasteiger partial charge in [0.1, 0.15) is 11.5 Å². The molecule has 0 heterocycles. The summed E-state index contributed by atoms with van der Waals surface area (Å²) in [4.78, 5) is 0. The van der Waals surface area contributed by atoms with E-state index in [9.17, 15) is 5.11 Å². The van der Waals surface area contributed by atoms with E-state index in [1.807, 2.05) is 6.07 Å². The minimum absolute atomic E-state index is 0.0717. The third-order valence-electron chi connectivity index (χ3n) is 3.50. The summed E-state index contributed by atoms with van der Waals surface area (Å²) in [6, 6.07) is 5.18. The lowest BCUT2D eigenvalue weighted by molar-refractivity contribution is 0.395. The van der Waals surface area contributed by atoms with Gasteiger partial charge in [0.15, 0.2) is 0 Å². The minimum Gasteiger partial charge on any atom is -0.508 e. The van der Waals surface area contributed by atoms with E-state index in [1.54, 1.807) is 19.2 Å². The molecule has 88 valence electrons. The highest BCUT2D eigenvalue weighted by atomic mass is 16.5. The Kier molecular flexibility index (Phi) is 3.34. The SMILES string of the molecule is COc1ccc(O)c([C@@H](N)C2CCCC2)c1. The van der Waals surface area contributed by atoms with E-state index in [0.29, 0.717) is 5.92 Å². The van der Waals surface area contributed by atoms with Crippen molar-refractivity contribution in [1.82, 2.24) is 0 Å². The molecule has 0 amide bonds. The van der Waals surface area contributed by atoms with E-state index in [1.165, 1.54) is 12.8 Å². The molecular weight excluding hydrogens is 202 g/mol. The lowest BCUT2D eigenvalue weighted by Gasteiger charge is -2.20. The second-order valence-corrected chi connectivity index (χ2v) is 4.50. The summed E-state index contributed by atoms with van der Waals surface area (Å²) in [5.41, 5.74) is 7.02. The fourth-order valence-electron chi connectivity index (χ4n) is 2.50. The Morgan fingerprint density at radius 2 is 2.06 bits per heavy atom. The van der Waals surface area contributed by atoms with Gasteiger partial charge in [0.05, 0.1) is 7.11 Å². The van der Waals surface area contributed by atoms with E-state index in [2.05, 4.69) is 0 Å². The summed E-state index contributed by atoms with van der Waals surface area (Å²) < 4.78 is 5.16. The molecule has 16 heavy (non-hydrogen) atoms. The third-order valence-corrected chi connectivity index (χ3v) is 3.50. The second-order valence-electron chi connectivity index (χ2n) is 4.50. The number of nitrogens with two attached hydrogens (primary N) is 1. The van der Waals surface area contributed by atoms with Gasteiger partial charge in [0.2, 0.25) is 0 Å². The Hall–Kier alpha value is -1.22. The number of ether oxygens (including phenoxy) is 1. The number of aromatic hydroxyl groups is 1. The first-order valence-electron chi connectivity index (χ1n) is 5.85. The summed E-state index contributed by atoms with van der Waals surface area (Å²) in [6.45, 7) is 0. The topological polar surface area (TPSA) is 55.5 Å². The first kappa shape index (κ1) is 11.3. The molecule has 2 rings (SSSR count). The molecule has 1 saturated carbocycles. The number of methoxy groups -OCH3 is 1. The average Bonchev–Trinajstić information content (AvgIpc) is 2.82. The van der Waals surface area contributed by atoms with Crippen LogP contribution in [0.25, 0.3) is 0 Å². The summed E-state index contributed by atoms with van der Waals surface area (Å²) in [6.07, 6.45) is 4.84. The van der Waals surface area contributed by atoms with Crippen molar-refractivity contribution in [2.45, 2.75) is 31.7 Å². The van der Waals surface area contributed by atoms with Gasteiger partial charge in [-0.15, -0.1) is 0 Å². The molecule has 1 atom stereocenters. The summed E-state index contributed by atoms with van der Waals surface area (Å²) in [5, 5.41) is 9.83. The highest BCUT2D eigenvalue weighted by Crippen LogP contribution is 2.38. The van der Waals surface area contributed by atoms with E-state index in [-0.39, 0.29) is 11.8 Å². The molecule has 1 aliphatic rings. The fraction of sp³-hybridized carbons (Fsp3) is 0.538.